The molecule has 2 nitrogen and oxygen atoms in total. The Hall–Kier alpha value is -1.31. The first-order chi connectivity index (χ1) is 7.77. The monoisotopic (exact) mass is 216 g/mol. The lowest BCUT2D eigenvalue weighted by atomic mass is 9.82. The molecule has 2 fully saturated rings. The maximum absolute atomic E-state index is 11.3. The number of rotatable bonds is 2. The van der Waals surface area contributed by atoms with E-state index in [1.807, 2.05) is 18.2 Å². The molecule has 0 heterocycles. The zero-order chi connectivity index (χ0) is 11.2. The third-order valence-corrected chi connectivity index (χ3v) is 4.44. The van der Waals surface area contributed by atoms with Crippen LogP contribution in [-0.2, 0) is 10.2 Å². The van der Waals surface area contributed by atoms with Crippen molar-refractivity contribution >= 4 is 5.97 Å². The van der Waals surface area contributed by atoms with E-state index in [1.165, 1.54) is 18.4 Å². The van der Waals surface area contributed by atoms with Crippen LogP contribution in [0, 0.1) is 11.8 Å². The van der Waals surface area contributed by atoms with Gasteiger partial charge in [-0.05, 0) is 24.3 Å². The molecule has 16 heavy (non-hydrogen) atoms. The lowest BCUT2D eigenvalue weighted by molar-refractivity contribution is -0.139. The van der Waals surface area contributed by atoms with E-state index in [4.69, 9.17) is 0 Å². The summed E-state index contributed by atoms with van der Waals surface area (Å²) in [4.78, 5) is 11.3. The van der Waals surface area contributed by atoms with Gasteiger partial charge < -0.3 is 5.11 Å². The Kier molecular flexibility index (Phi) is 2.06. The molecule has 3 rings (SSSR count). The number of benzene rings is 1. The topological polar surface area (TPSA) is 37.3 Å². The van der Waals surface area contributed by atoms with Crippen molar-refractivity contribution in [3.8, 4) is 0 Å². The van der Waals surface area contributed by atoms with Crippen LogP contribution in [0.5, 0.6) is 0 Å². The van der Waals surface area contributed by atoms with E-state index >= 15 is 0 Å². The van der Waals surface area contributed by atoms with Crippen LogP contribution in [0.4, 0.5) is 0 Å². The summed E-state index contributed by atoms with van der Waals surface area (Å²) in [5, 5.41) is 9.31. The van der Waals surface area contributed by atoms with Crippen molar-refractivity contribution in [3.05, 3.63) is 35.9 Å². The van der Waals surface area contributed by atoms with Crippen LogP contribution in [0.3, 0.4) is 0 Å². The lowest BCUT2D eigenvalue weighted by Crippen LogP contribution is -2.17. The number of carboxylic acid groups (broad SMARTS) is 1. The maximum atomic E-state index is 11.3. The summed E-state index contributed by atoms with van der Waals surface area (Å²) in [6, 6.07) is 10.2. The van der Waals surface area contributed by atoms with Crippen LogP contribution >= 0.6 is 0 Å². The van der Waals surface area contributed by atoms with E-state index in [1.54, 1.807) is 0 Å². The Balaban J connectivity index is 2.00. The molecule has 2 heteroatoms. The Morgan fingerprint density at radius 2 is 2.00 bits per heavy atom. The van der Waals surface area contributed by atoms with Gasteiger partial charge in [-0.2, -0.15) is 0 Å². The van der Waals surface area contributed by atoms with Gasteiger partial charge in [-0.25, -0.2) is 0 Å². The average Bonchev–Trinajstić information content (AvgIpc) is 3.00. The highest BCUT2D eigenvalue weighted by Gasteiger charge is 2.68. The summed E-state index contributed by atoms with van der Waals surface area (Å²) in [7, 11) is 0. The van der Waals surface area contributed by atoms with Crippen molar-refractivity contribution in [3.63, 3.8) is 0 Å². The van der Waals surface area contributed by atoms with E-state index in [0.29, 0.717) is 5.92 Å². The van der Waals surface area contributed by atoms with E-state index < -0.39 is 5.97 Å². The molecule has 1 aromatic carbocycles. The smallest absolute Gasteiger partial charge is 0.307 e. The van der Waals surface area contributed by atoms with Gasteiger partial charge in [0.15, 0.2) is 0 Å². The Labute approximate surface area is 95.3 Å². The summed E-state index contributed by atoms with van der Waals surface area (Å²) in [6.45, 7) is 0. The van der Waals surface area contributed by atoms with E-state index in [0.717, 1.165) is 12.8 Å². The first-order valence-electron chi connectivity index (χ1n) is 6.05. The molecule has 0 spiro atoms. The molecule has 84 valence electrons. The number of carbonyl (C=O) groups is 1. The predicted molar refractivity (Wildman–Crippen MR) is 61.2 cm³/mol. The van der Waals surface area contributed by atoms with E-state index in [-0.39, 0.29) is 11.3 Å². The quantitative estimate of drug-likeness (QED) is 0.825. The molecule has 2 saturated carbocycles. The molecule has 0 radical (unpaired) electrons. The Morgan fingerprint density at radius 3 is 2.69 bits per heavy atom. The number of fused-ring (bicyclic) bond motifs is 1. The van der Waals surface area contributed by atoms with Crippen molar-refractivity contribution in [1.82, 2.24) is 0 Å². The Morgan fingerprint density at radius 1 is 1.25 bits per heavy atom. The van der Waals surface area contributed by atoms with E-state index in [2.05, 4.69) is 12.1 Å². The Bertz CT molecular complexity index is 412. The average molecular weight is 216 g/mol. The molecule has 2 aliphatic carbocycles. The van der Waals surface area contributed by atoms with E-state index in [9.17, 15) is 9.90 Å². The number of aliphatic carboxylic acids is 1. The largest absolute Gasteiger partial charge is 0.481 e. The van der Waals surface area contributed by atoms with Gasteiger partial charge >= 0.3 is 5.97 Å². The molecule has 1 N–H and O–H groups in total. The third-order valence-electron chi connectivity index (χ3n) is 4.44. The van der Waals surface area contributed by atoms with Gasteiger partial charge in [-0.1, -0.05) is 43.2 Å². The molecule has 0 amide bonds. The van der Waals surface area contributed by atoms with Crippen molar-refractivity contribution in [2.24, 2.45) is 11.8 Å². The summed E-state index contributed by atoms with van der Waals surface area (Å²) < 4.78 is 0. The van der Waals surface area contributed by atoms with Gasteiger partial charge in [0.2, 0.25) is 0 Å². The normalized spacial score (nSPS) is 36.5. The minimum absolute atomic E-state index is 0.0225. The van der Waals surface area contributed by atoms with Gasteiger partial charge in [0.1, 0.15) is 0 Å². The fourth-order valence-corrected chi connectivity index (χ4v) is 3.74. The summed E-state index contributed by atoms with van der Waals surface area (Å²) >= 11 is 0. The van der Waals surface area contributed by atoms with Gasteiger partial charge in [0.05, 0.1) is 5.92 Å². The fourth-order valence-electron chi connectivity index (χ4n) is 3.74. The molecular weight excluding hydrogens is 200 g/mol. The van der Waals surface area contributed by atoms with Crippen molar-refractivity contribution in [1.29, 1.82) is 0 Å². The van der Waals surface area contributed by atoms with Gasteiger partial charge in [-0.15, -0.1) is 0 Å². The van der Waals surface area contributed by atoms with Crippen LogP contribution in [0.25, 0.3) is 0 Å². The van der Waals surface area contributed by atoms with Crippen molar-refractivity contribution in [2.45, 2.75) is 31.1 Å². The number of hydrogen-bond acceptors (Lipinski definition) is 1. The summed E-state index contributed by atoms with van der Waals surface area (Å²) in [6.07, 6.45) is 4.52. The standard InChI is InChI=1S/C14H16O2/c15-13(16)12-11-8-4-5-9-14(11,12)10-6-2-1-3-7-10/h1-3,6-7,11-12H,4-5,8-9H2,(H,15,16)/t11-,12-,14+/m0/s1. The number of carboxylic acids is 1. The maximum Gasteiger partial charge on any atom is 0.307 e. The van der Waals surface area contributed by atoms with Crippen LogP contribution in [0.2, 0.25) is 0 Å². The highest BCUT2D eigenvalue weighted by Crippen LogP contribution is 2.67. The van der Waals surface area contributed by atoms with Crippen LogP contribution in [-0.4, -0.2) is 11.1 Å². The second-order valence-electron chi connectivity index (χ2n) is 5.07. The van der Waals surface area contributed by atoms with Crippen LogP contribution in [0.15, 0.2) is 30.3 Å². The molecule has 0 bridgehead atoms. The molecular formula is C14H16O2. The van der Waals surface area contributed by atoms with Crippen LogP contribution in [0.1, 0.15) is 31.2 Å². The third kappa shape index (κ3) is 1.16. The lowest BCUT2D eigenvalue weighted by Gasteiger charge is -2.22. The number of hydrogen-bond donors (Lipinski definition) is 1. The van der Waals surface area contributed by atoms with Gasteiger partial charge in [-0.3, -0.25) is 4.79 Å². The zero-order valence-electron chi connectivity index (χ0n) is 9.23. The van der Waals surface area contributed by atoms with Crippen molar-refractivity contribution < 1.29 is 9.90 Å². The zero-order valence-corrected chi connectivity index (χ0v) is 9.23. The molecule has 0 saturated heterocycles. The highest BCUT2D eigenvalue weighted by molar-refractivity contribution is 5.78. The molecule has 1 aromatic rings. The molecule has 0 unspecified atom stereocenters. The molecule has 2 aliphatic rings. The second kappa shape index (κ2) is 3.34. The van der Waals surface area contributed by atoms with Gasteiger partial charge in [0, 0.05) is 5.41 Å². The second-order valence-corrected chi connectivity index (χ2v) is 5.07. The molecule has 0 aromatic heterocycles. The minimum Gasteiger partial charge on any atom is -0.481 e. The fraction of sp³-hybridized carbons (Fsp3) is 0.500. The molecule has 0 aliphatic heterocycles. The first-order valence-corrected chi connectivity index (χ1v) is 6.05. The first kappa shape index (κ1) is 9.88. The highest BCUT2D eigenvalue weighted by atomic mass is 16.4. The predicted octanol–water partition coefficient (Wildman–Crippen LogP) is 2.83. The van der Waals surface area contributed by atoms with Gasteiger partial charge in [0.25, 0.3) is 0 Å². The molecule has 3 atom stereocenters. The minimum atomic E-state index is -0.601. The van der Waals surface area contributed by atoms with Crippen LogP contribution < -0.4 is 0 Å². The summed E-state index contributed by atoms with van der Waals surface area (Å²) in [5.74, 6) is -0.339. The summed E-state index contributed by atoms with van der Waals surface area (Å²) in [5.41, 5.74) is 1.22. The SMILES string of the molecule is O=C(O)[C@@H]1[C@@H]2CCCC[C@]12c1ccccc1. The van der Waals surface area contributed by atoms with Crippen molar-refractivity contribution in [2.75, 3.05) is 0 Å².